The SMILES string of the molecule is COCCN(CC(=O)N1N=C(c2ccccc2F)CC1c1cc(OC)ccc1OC)C(=O)c1cccs1. The number of halogens is 1. The van der Waals surface area contributed by atoms with E-state index in [1.54, 1.807) is 61.0 Å². The molecule has 1 unspecified atom stereocenters. The molecule has 1 aromatic heterocycles. The first-order valence-corrected chi connectivity index (χ1v) is 12.5. The standard InChI is InChI=1S/C27H28FN3O5S/c1-34-13-12-30(27(33)25-9-6-14-37-25)17-26(32)31-23(20-15-18(35-2)10-11-24(20)36-3)16-22(29-31)19-7-4-5-8-21(19)28/h4-11,14-15,23H,12-13,16-17H2,1-3H3. The summed E-state index contributed by atoms with van der Waals surface area (Å²) in [6, 6.07) is 14.5. The Balaban J connectivity index is 1.70. The summed E-state index contributed by atoms with van der Waals surface area (Å²) in [5.74, 6) is 0.00811. The lowest BCUT2D eigenvalue weighted by Crippen LogP contribution is -2.42. The third-order valence-corrected chi connectivity index (χ3v) is 6.91. The van der Waals surface area contributed by atoms with Crippen LogP contribution in [0.4, 0.5) is 4.39 Å². The lowest BCUT2D eigenvalue weighted by atomic mass is 9.97. The minimum absolute atomic E-state index is 0.225. The van der Waals surface area contributed by atoms with Crippen molar-refractivity contribution in [1.29, 1.82) is 0 Å². The fourth-order valence-corrected chi connectivity index (χ4v) is 4.88. The second kappa shape index (κ2) is 12.0. The van der Waals surface area contributed by atoms with Gasteiger partial charge in [0, 0.05) is 31.2 Å². The Bertz CT molecular complexity index is 1280. The fourth-order valence-electron chi connectivity index (χ4n) is 4.19. The van der Waals surface area contributed by atoms with Gasteiger partial charge in [-0.3, -0.25) is 9.59 Å². The Hall–Kier alpha value is -3.76. The summed E-state index contributed by atoms with van der Waals surface area (Å²) in [5.41, 5.74) is 1.41. The number of hydrazone groups is 1. The summed E-state index contributed by atoms with van der Waals surface area (Å²) in [5, 5.41) is 7.69. The van der Waals surface area contributed by atoms with Crippen LogP contribution in [-0.2, 0) is 9.53 Å². The summed E-state index contributed by atoms with van der Waals surface area (Å²) >= 11 is 1.30. The van der Waals surface area contributed by atoms with Crippen LogP contribution in [0.2, 0.25) is 0 Å². The minimum Gasteiger partial charge on any atom is -0.497 e. The molecule has 2 aromatic carbocycles. The molecule has 0 spiro atoms. The third kappa shape index (κ3) is 5.81. The van der Waals surface area contributed by atoms with Crippen molar-refractivity contribution in [1.82, 2.24) is 9.91 Å². The molecule has 0 N–H and O–H groups in total. The van der Waals surface area contributed by atoms with Gasteiger partial charge in [0.15, 0.2) is 0 Å². The number of carbonyl (C=O) groups excluding carboxylic acids is 2. The average molecular weight is 526 g/mol. The first-order valence-electron chi connectivity index (χ1n) is 11.6. The predicted octanol–water partition coefficient (Wildman–Crippen LogP) is 4.37. The van der Waals surface area contributed by atoms with Crippen molar-refractivity contribution in [2.24, 2.45) is 5.10 Å². The summed E-state index contributed by atoms with van der Waals surface area (Å²) in [4.78, 5) is 28.8. The fraction of sp³-hybridized carbons (Fsp3) is 0.296. The Morgan fingerprint density at radius 2 is 1.92 bits per heavy atom. The van der Waals surface area contributed by atoms with Gasteiger partial charge < -0.3 is 19.1 Å². The molecule has 0 radical (unpaired) electrons. The number of benzene rings is 2. The number of thiophene rings is 1. The van der Waals surface area contributed by atoms with Crippen molar-refractivity contribution >= 4 is 28.9 Å². The van der Waals surface area contributed by atoms with E-state index in [9.17, 15) is 14.0 Å². The molecule has 3 aromatic rings. The van der Waals surface area contributed by atoms with Crippen molar-refractivity contribution in [3.05, 3.63) is 81.8 Å². The van der Waals surface area contributed by atoms with E-state index in [0.717, 1.165) is 0 Å². The maximum Gasteiger partial charge on any atom is 0.264 e. The molecular formula is C27H28FN3O5S. The van der Waals surface area contributed by atoms with Gasteiger partial charge in [-0.15, -0.1) is 11.3 Å². The van der Waals surface area contributed by atoms with Gasteiger partial charge in [-0.2, -0.15) is 5.10 Å². The van der Waals surface area contributed by atoms with Gasteiger partial charge >= 0.3 is 0 Å². The molecule has 1 aliphatic heterocycles. The molecule has 10 heteroatoms. The molecule has 1 atom stereocenters. The summed E-state index contributed by atoms with van der Waals surface area (Å²) < 4.78 is 30.8. The molecule has 4 rings (SSSR count). The molecule has 194 valence electrons. The molecular weight excluding hydrogens is 497 g/mol. The van der Waals surface area contributed by atoms with Gasteiger partial charge in [-0.05, 0) is 35.7 Å². The van der Waals surface area contributed by atoms with Crippen molar-refractivity contribution in [2.75, 3.05) is 41.0 Å². The van der Waals surface area contributed by atoms with Gasteiger partial charge in [-0.25, -0.2) is 9.40 Å². The largest absolute Gasteiger partial charge is 0.497 e. The topological polar surface area (TPSA) is 80.7 Å². The van der Waals surface area contributed by atoms with Crippen LogP contribution >= 0.6 is 11.3 Å². The highest BCUT2D eigenvalue weighted by atomic mass is 32.1. The van der Waals surface area contributed by atoms with E-state index in [1.165, 1.54) is 41.5 Å². The van der Waals surface area contributed by atoms with Crippen LogP contribution in [0.25, 0.3) is 0 Å². The molecule has 2 heterocycles. The van der Waals surface area contributed by atoms with Crippen molar-refractivity contribution in [3.63, 3.8) is 0 Å². The highest BCUT2D eigenvalue weighted by molar-refractivity contribution is 7.12. The highest BCUT2D eigenvalue weighted by Gasteiger charge is 2.37. The summed E-state index contributed by atoms with van der Waals surface area (Å²) in [7, 11) is 4.62. The van der Waals surface area contributed by atoms with Crippen LogP contribution in [0.15, 0.2) is 65.1 Å². The minimum atomic E-state index is -0.590. The molecule has 37 heavy (non-hydrogen) atoms. The number of rotatable bonds is 10. The Kier molecular flexibility index (Phi) is 8.52. The van der Waals surface area contributed by atoms with Gasteiger partial charge in [0.25, 0.3) is 11.8 Å². The number of ether oxygens (including phenoxy) is 3. The first kappa shape index (κ1) is 26.3. The van der Waals surface area contributed by atoms with E-state index >= 15 is 0 Å². The monoisotopic (exact) mass is 525 g/mol. The predicted molar refractivity (Wildman–Crippen MR) is 139 cm³/mol. The second-order valence-electron chi connectivity index (χ2n) is 8.29. The summed E-state index contributed by atoms with van der Waals surface area (Å²) in [6.45, 7) is 0.266. The molecule has 0 bridgehead atoms. The number of hydrogen-bond acceptors (Lipinski definition) is 7. The maximum atomic E-state index is 14.7. The zero-order valence-corrected chi connectivity index (χ0v) is 21.7. The zero-order chi connectivity index (χ0) is 26.4. The second-order valence-corrected chi connectivity index (χ2v) is 9.24. The van der Waals surface area contributed by atoms with E-state index in [2.05, 4.69) is 5.10 Å². The zero-order valence-electron chi connectivity index (χ0n) is 20.8. The summed E-state index contributed by atoms with van der Waals surface area (Å²) in [6.07, 6.45) is 0.257. The lowest BCUT2D eigenvalue weighted by molar-refractivity contribution is -0.133. The quantitative estimate of drug-likeness (QED) is 0.393. The van der Waals surface area contributed by atoms with Crippen LogP contribution in [0.3, 0.4) is 0 Å². The molecule has 0 fully saturated rings. The van der Waals surface area contributed by atoms with Crippen LogP contribution in [0.5, 0.6) is 11.5 Å². The highest BCUT2D eigenvalue weighted by Crippen LogP contribution is 2.39. The molecule has 0 saturated carbocycles. The van der Waals surface area contributed by atoms with Crippen molar-refractivity contribution in [2.45, 2.75) is 12.5 Å². The number of carbonyl (C=O) groups is 2. The number of nitrogens with zero attached hydrogens (tertiary/aromatic N) is 3. The van der Waals surface area contributed by atoms with Crippen molar-refractivity contribution < 1.29 is 28.2 Å². The third-order valence-electron chi connectivity index (χ3n) is 6.06. The molecule has 2 amide bonds. The van der Waals surface area contributed by atoms with Gasteiger partial charge in [-0.1, -0.05) is 24.3 Å². The van der Waals surface area contributed by atoms with Crippen LogP contribution < -0.4 is 9.47 Å². The molecule has 0 aliphatic carbocycles. The smallest absolute Gasteiger partial charge is 0.264 e. The lowest BCUT2D eigenvalue weighted by Gasteiger charge is -2.27. The van der Waals surface area contributed by atoms with E-state index in [-0.39, 0.29) is 32.0 Å². The maximum absolute atomic E-state index is 14.7. The number of amides is 2. The Labute approximate surface area is 218 Å². The average Bonchev–Trinajstić information content (AvgIpc) is 3.61. The van der Waals surface area contributed by atoms with E-state index in [1.807, 2.05) is 0 Å². The number of methoxy groups -OCH3 is 3. The number of hydrogen-bond donors (Lipinski definition) is 0. The van der Waals surface area contributed by atoms with E-state index in [0.29, 0.717) is 33.2 Å². The van der Waals surface area contributed by atoms with Gasteiger partial charge in [0.1, 0.15) is 23.9 Å². The van der Waals surface area contributed by atoms with Gasteiger partial charge in [0.2, 0.25) is 0 Å². The Morgan fingerprint density at radius 3 is 2.59 bits per heavy atom. The Morgan fingerprint density at radius 1 is 1.11 bits per heavy atom. The van der Waals surface area contributed by atoms with Crippen LogP contribution in [0.1, 0.15) is 33.3 Å². The van der Waals surface area contributed by atoms with E-state index in [4.69, 9.17) is 14.2 Å². The molecule has 0 saturated heterocycles. The van der Waals surface area contributed by atoms with Crippen LogP contribution in [0, 0.1) is 5.82 Å². The first-order chi connectivity index (χ1) is 18.0. The van der Waals surface area contributed by atoms with E-state index < -0.39 is 17.8 Å². The molecule has 1 aliphatic rings. The van der Waals surface area contributed by atoms with Crippen LogP contribution in [-0.4, -0.2) is 68.5 Å². The molecule has 8 nitrogen and oxygen atoms in total. The van der Waals surface area contributed by atoms with Crippen molar-refractivity contribution in [3.8, 4) is 11.5 Å². The normalized spacial score (nSPS) is 14.9. The van der Waals surface area contributed by atoms with Gasteiger partial charge in [0.05, 0.1) is 37.5 Å².